The Morgan fingerprint density at radius 3 is 1.32 bits per heavy atom. The van der Waals surface area contributed by atoms with E-state index in [2.05, 4.69) is 231 Å². The van der Waals surface area contributed by atoms with E-state index in [1.807, 2.05) is 0 Å². The SMILES string of the molecule is C[Si](C)(C)c1ccc(N(c2ccccc2)c2ccc(-c3ccc4c5c(cccc35)C3(CC3)c3cc(N(c5ccccc5)c5ccc([Si](C)(C)C)cc5)ccc3-4)cc2)cc1. The van der Waals surface area contributed by atoms with Crippen molar-refractivity contribution in [2.24, 2.45) is 0 Å². The van der Waals surface area contributed by atoms with Crippen LogP contribution in [0.25, 0.3) is 33.0 Å². The third kappa shape index (κ3) is 6.55. The summed E-state index contributed by atoms with van der Waals surface area (Å²) in [6.45, 7) is 14.5. The van der Waals surface area contributed by atoms with Gasteiger partial charge in [0, 0.05) is 39.5 Å². The highest BCUT2D eigenvalue weighted by Gasteiger charge is 2.50. The van der Waals surface area contributed by atoms with Gasteiger partial charge in [-0.1, -0.05) is 159 Å². The number of hydrogen-bond donors (Lipinski definition) is 0. The normalized spacial score (nSPS) is 13.9. The zero-order chi connectivity index (χ0) is 40.5. The molecule has 8 aromatic carbocycles. The monoisotopic (exact) mass is 796 g/mol. The highest BCUT2D eigenvalue weighted by Crippen LogP contribution is 2.62. The molecular formula is C55H52N2Si2. The number of anilines is 6. The number of nitrogens with zero attached hydrogens (tertiary/aromatic N) is 2. The van der Waals surface area contributed by atoms with Crippen molar-refractivity contribution in [3.8, 4) is 22.3 Å². The maximum absolute atomic E-state index is 2.51. The second-order valence-corrected chi connectivity index (χ2v) is 28.8. The van der Waals surface area contributed by atoms with Gasteiger partial charge in [0.15, 0.2) is 0 Å². The van der Waals surface area contributed by atoms with Crippen LogP contribution >= 0.6 is 0 Å². The molecule has 2 aliphatic rings. The van der Waals surface area contributed by atoms with Gasteiger partial charge < -0.3 is 9.80 Å². The third-order valence-corrected chi connectivity index (χ3v) is 17.0. The summed E-state index contributed by atoms with van der Waals surface area (Å²) in [6.07, 6.45) is 2.34. The first-order valence-electron chi connectivity index (χ1n) is 21.2. The van der Waals surface area contributed by atoms with Crippen molar-refractivity contribution in [3.05, 3.63) is 193 Å². The van der Waals surface area contributed by atoms with Crippen LogP contribution in [0.3, 0.4) is 0 Å². The molecule has 0 radical (unpaired) electrons. The molecule has 0 aliphatic heterocycles. The van der Waals surface area contributed by atoms with Crippen molar-refractivity contribution in [2.75, 3.05) is 9.80 Å². The van der Waals surface area contributed by atoms with Gasteiger partial charge in [0.05, 0.1) is 16.1 Å². The summed E-state index contributed by atoms with van der Waals surface area (Å²) >= 11 is 0. The lowest BCUT2D eigenvalue weighted by molar-refractivity contribution is 0.853. The van der Waals surface area contributed by atoms with Crippen LogP contribution in [-0.4, -0.2) is 16.1 Å². The van der Waals surface area contributed by atoms with Crippen LogP contribution in [0.15, 0.2) is 182 Å². The quantitative estimate of drug-likeness (QED) is 0.134. The minimum absolute atomic E-state index is 0.0333. The molecule has 0 atom stereocenters. The summed E-state index contributed by atoms with van der Waals surface area (Å²) in [5.74, 6) is 0. The number of fused-ring (bicyclic) bond motifs is 4. The molecule has 0 saturated heterocycles. The van der Waals surface area contributed by atoms with Crippen molar-refractivity contribution in [2.45, 2.75) is 57.5 Å². The Morgan fingerprint density at radius 1 is 0.373 bits per heavy atom. The van der Waals surface area contributed by atoms with Crippen LogP contribution in [0.2, 0.25) is 39.3 Å². The molecule has 0 N–H and O–H groups in total. The number of rotatable bonds is 9. The van der Waals surface area contributed by atoms with Gasteiger partial charge in [-0.05, 0) is 130 Å². The van der Waals surface area contributed by atoms with Gasteiger partial charge in [0.25, 0.3) is 0 Å². The van der Waals surface area contributed by atoms with E-state index in [0.29, 0.717) is 0 Å². The molecule has 290 valence electrons. The summed E-state index contributed by atoms with van der Waals surface area (Å²) in [7, 11) is -2.83. The highest BCUT2D eigenvalue weighted by atomic mass is 28.3. The lowest BCUT2D eigenvalue weighted by atomic mass is 9.73. The molecule has 0 amide bonds. The molecule has 0 bridgehead atoms. The molecule has 10 rings (SSSR count). The van der Waals surface area contributed by atoms with E-state index in [0.717, 1.165) is 11.4 Å². The van der Waals surface area contributed by atoms with Crippen LogP contribution in [0.5, 0.6) is 0 Å². The predicted molar refractivity (Wildman–Crippen MR) is 260 cm³/mol. The Balaban J connectivity index is 1.04. The van der Waals surface area contributed by atoms with E-state index in [-0.39, 0.29) is 5.41 Å². The van der Waals surface area contributed by atoms with Crippen molar-refractivity contribution in [1.29, 1.82) is 0 Å². The second kappa shape index (κ2) is 14.1. The first kappa shape index (κ1) is 37.3. The van der Waals surface area contributed by atoms with Crippen molar-refractivity contribution < 1.29 is 0 Å². The minimum atomic E-state index is -1.42. The molecule has 1 saturated carbocycles. The Kier molecular flexibility index (Phi) is 8.93. The fourth-order valence-corrected chi connectivity index (χ4v) is 11.8. The van der Waals surface area contributed by atoms with Gasteiger partial charge >= 0.3 is 0 Å². The summed E-state index contributed by atoms with van der Waals surface area (Å²) < 4.78 is 0. The molecule has 1 fully saturated rings. The zero-order valence-electron chi connectivity index (χ0n) is 35.1. The Bertz CT molecular complexity index is 2810. The number of para-hydroxylation sites is 2. The zero-order valence-corrected chi connectivity index (χ0v) is 37.1. The van der Waals surface area contributed by atoms with Gasteiger partial charge in [-0.3, -0.25) is 0 Å². The number of hydrogen-bond acceptors (Lipinski definition) is 2. The van der Waals surface area contributed by atoms with Crippen molar-refractivity contribution >= 4 is 71.4 Å². The van der Waals surface area contributed by atoms with Gasteiger partial charge in [-0.25, -0.2) is 0 Å². The van der Waals surface area contributed by atoms with Crippen LogP contribution in [0.4, 0.5) is 34.1 Å². The minimum Gasteiger partial charge on any atom is -0.311 e. The molecule has 1 spiro atoms. The smallest absolute Gasteiger partial charge is 0.0775 e. The third-order valence-electron chi connectivity index (χ3n) is 12.8. The Hall–Kier alpha value is -5.95. The Morgan fingerprint density at radius 2 is 0.814 bits per heavy atom. The summed E-state index contributed by atoms with van der Waals surface area (Å²) in [5.41, 5.74) is 15.3. The van der Waals surface area contributed by atoms with Gasteiger partial charge in [0.1, 0.15) is 0 Å². The van der Waals surface area contributed by atoms with E-state index in [1.165, 1.54) is 90.1 Å². The van der Waals surface area contributed by atoms with E-state index < -0.39 is 16.1 Å². The summed E-state index contributed by atoms with van der Waals surface area (Å²) in [6, 6.07) is 68.5. The average Bonchev–Trinajstić information content (AvgIpc) is 4.05. The second-order valence-electron chi connectivity index (χ2n) is 18.7. The molecule has 8 aromatic rings. The van der Waals surface area contributed by atoms with Crippen molar-refractivity contribution in [1.82, 2.24) is 0 Å². The highest BCUT2D eigenvalue weighted by molar-refractivity contribution is 6.89. The molecule has 0 heterocycles. The van der Waals surface area contributed by atoms with Gasteiger partial charge in [-0.15, -0.1) is 0 Å². The van der Waals surface area contributed by atoms with Crippen molar-refractivity contribution in [3.63, 3.8) is 0 Å². The van der Waals surface area contributed by atoms with Gasteiger partial charge in [0.2, 0.25) is 0 Å². The lowest BCUT2D eigenvalue weighted by Gasteiger charge is -2.32. The summed E-state index contributed by atoms with van der Waals surface area (Å²) in [5, 5.41) is 5.71. The van der Waals surface area contributed by atoms with E-state index in [1.54, 1.807) is 0 Å². The molecule has 2 aliphatic carbocycles. The van der Waals surface area contributed by atoms with Gasteiger partial charge in [-0.2, -0.15) is 0 Å². The fourth-order valence-electron chi connectivity index (χ4n) is 9.45. The standard InChI is InChI=1S/C55H52N2Si2/c1-58(2,3)46-29-24-43(25-30-46)56(40-14-9-7-10-15-40)42-22-20-39(21-23-42)48-34-35-51-49-33-28-45(38-53(49)55(36-37-55)52-19-13-18-50(48)54(51)52)57(41-16-11-8-12-17-41)44-26-31-47(32-27-44)59(4,5)6/h7-35,38H,36-37H2,1-6H3. The van der Waals surface area contributed by atoms with E-state index in [9.17, 15) is 0 Å². The molecule has 0 aromatic heterocycles. The Labute approximate surface area is 352 Å². The molecule has 59 heavy (non-hydrogen) atoms. The van der Waals surface area contributed by atoms with E-state index in [4.69, 9.17) is 0 Å². The van der Waals surface area contributed by atoms with Crippen LogP contribution in [-0.2, 0) is 5.41 Å². The topological polar surface area (TPSA) is 6.48 Å². The largest absolute Gasteiger partial charge is 0.311 e. The molecule has 4 heteroatoms. The molecule has 2 nitrogen and oxygen atoms in total. The summed E-state index contributed by atoms with van der Waals surface area (Å²) in [4.78, 5) is 4.81. The lowest BCUT2D eigenvalue weighted by Crippen LogP contribution is -2.37. The molecule has 0 unspecified atom stereocenters. The maximum Gasteiger partial charge on any atom is 0.0775 e. The van der Waals surface area contributed by atoms with Crippen LogP contribution < -0.4 is 20.2 Å². The predicted octanol–water partition coefficient (Wildman–Crippen LogP) is 14.6. The molecular weight excluding hydrogens is 745 g/mol. The average molecular weight is 797 g/mol. The van der Waals surface area contributed by atoms with E-state index >= 15 is 0 Å². The first-order chi connectivity index (χ1) is 28.5. The number of benzene rings is 8. The first-order valence-corrected chi connectivity index (χ1v) is 28.2. The maximum atomic E-state index is 2.51. The van der Waals surface area contributed by atoms with Crippen LogP contribution in [0.1, 0.15) is 24.0 Å². The van der Waals surface area contributed by atoms with Crippen LogP contribution in [0, 0.1) is 0 Å². The fraction of sp³-hybridized carbons (Fsp3) is 0.164.